The molecule has 2 aromatic carbocycles. The molecular weight excluding hydrogens is 318 g/mol. The molecule has 3 rings (SSSR count). The van der Waals surface area contributed by atoms with Gasteiger partial charge in [0.05, 0.1) is 5.52 Å². The van der Waals surface area contributed by atoms with Crippen molar-refractivity contribution in [3.05, 3.63) is 58.4 Å². The Morgan fingerprint density at radius 1 is 1.00 bits per heavy atom. The second kappa shape index (κ2) is 8.53. The van der Waals surface area contributed by atoms with Gasteiger partial charge >= 0.3 is 0 Å². The maximum Gasteiger partial charge on any atom is 0.179 e. The Bertz CT molecular complexity index is 924. The number of aromatic amines is 1. The van der Waals surface area contributed by atoms with Crippen molar-refractivity contribution in [2.75, 3.05) is 0 Å². The minimum absolute atomic E-state index is 0.0932. The second-order valence-electron chi connectivity index (χ2n) is 7.70. The van der Waals surface area contributed by atoms with Crippen LogP contribution >= 0.6 is 0 Å². The van der Waals surface area contributed by atoms with Gasteiger partial charge in [-0.1, -0.05) is 52.5 Å². The summed E-state index contributed by atoms with van der Waals surface area (Å²) in [6, 6.07) is 11.9. The highest BCUT2D eigenvalue weighted by molar-refractivity contribution is 6.06. The van der Waals surface area contributed by atoms with E-state index in [1.807, 2.05) is 24.4 Å². The molecule has 0 fully saturated rings. The van der Waals surface area contributed by atoms with Gasteiger partial charge in [0.15, 0.2) is 5.43 Å². The van der Waals surface area contributed by atoms with Crippen molar-refractivity contribution >= 4 is 21.7 Å². The molecule has 0 saturated heterocycles. The standard InChI is InChI=1S/C24H31NO/c1-4-6-8-18(5-2)11-10-17(3)22-15-19-9-7-14-25-24(19)21-13-12-20(26)16-23(21)22/h7,9,12-18,25H,4-6,8,10-11H2,1-3H3. The lowest BCUT2D eigenvalue weighted by molar-refractivity contribution is 0.397. The minimum atomic E-state index is 0.0932. The zero-order chi connectivity index (χ0) is 18.5. The lowest BCUT2D eigenvalue weighted by atomic mass is 9.85. The first-order valence-corrected chi connectivity index (χ1v) is 10.2. The minimum Gasteiger partial charge on any atom is -0.361 e. The number of pyridine rings is 1. The molecule has 26 heavy (non-hydrogen) atoms. The van der Waals surface area contributed by atoms with Crippen LogP contribution in [0.4, 0.5) is 0 Å². The number of rotatable bonds is 8. The van der Waals surface area contributed by atoms with E-state index in [9.17, 15) is 4.79 Å². The fourth-order valence-corrected chi connectivity index (χ4v) is 4.12. The summed E-state index contributed by atoms with van der Waals surface area (Å²) in [7, 11) is 0. The number of fused-ring (bicyclic) bond motifs is 3. The third-order valence-electron chi connectivity index (χ3n) is 5.85. The van der Waals surface area contributed by atoms with Crippen molar-refractivity contribution in [1.82, 2.24) is 4.98 Å². The number of H-pyrrole nitrogens is 1. The van der Waals surface area contributed by atoms with E-state index in [2.05, 4.69) is 37.9 Å². The average Bonchev–Trinajstić information content (AvgIpc) is 2.67. The normalized spacial score (nSPS) is 14.0. The van der Waals surface area contributed by atoms with E-state index in [1.54, 1.807) is 6.07 Å². The molecule has 0 amide bonds. The van der Waals surface area contributed by atoms with Crippen LogP contribution in [-0.4, -0.2) is 4.98 Å². The third-order valence-corrected chi connectivity index (χ3v) is 5.85. The first-order valence-electron chi connectivity index (χ1n) is 10.2. The zero-order valence-electron chi connectivity index (χ0n) is 16.3. The van der Waals surface area contributed by atoms with Gasteiger partial charge in [0, 0.05) is 11.6 Å². The number of hydrogen-bond donors (Lipinski definition) is 1. The molecule has 2 atom stereocenters. The van der Waals surface area contributed by atoms with E-state index in [-0.39, 0.29) is 5.43 Å². The van der Waals surface area contributed by atoms with Crippen molar-refractivity contribution in [2.45, 2.75) is 65.2 Å². The summed E-state index contributed by atoms with van der Waals surface area (Å²) >= 11 is 0. The van der Waals surface area contributed by atoms with Gasteiger partial charge in [0.2, 0.25) is 0 Å². The van der Waals surface area contributed by atoms with Crippen LogP contribution in [0.2, 0.25) is 0 Å². The summed E-state index contributed by atoms with van der Waals surface area (Å²) in [5.74, 6) is 1.28. The van der Waals surface area contributed by atoms with Gasteiger partial charge in [0.1, 0.15) is 0 Å². The van der Waals surface area contributed by atoms with E-state index in [0.29, 0.717) is 5.92 Å². The molecule has 0 radical (unpaired) electrons. The molecule has 0 spiro atoms. The van der Waals surface area contributed by atoms with E-state index in [0.717, 1.165) is 22.2 Å². The van der Waals surface area contributed by atoms with Crippen LogP contribution in [-0.2, 0) is 0 Å². The Morgan fingerprint density at radius 3 is 2.62 bits per heavy atom. The Morgan fingerprint density at radius 2 is 1.85 bits per heavy atom. The van der Waals surface area contributed by atoms with Gasteiger partial charge in [0.25, 0.3) is 0 Å². The highest BCUT2D eigenvalue weighted by Gasteiger charge is 2.15. The molecule has 1 aromatic heterocycles. The van der Waals surface area contributed by atoms with Crippen LogP contribution in [0.1, 0.15) is 70.8 Å². The largest absolute Gasteiger partial charge is 0.361 e. The van der Waals surface area contributed by atoms with E-state index >= 15 is 0 Å². The molecule has 2 unspecified atom stereocenters. The second-order valence-corrected chi connectivity index (χ2v) is 7.70. The number of hydrogen-bond acceptors (Lipinski definition) is 1. The van der Waals surface area contributed by atoms with Crippen molar-refractivity contribution in [3.63, 3.8) is 0 Å². The fraction of sp³-hybridized carbons (Fsp3) is 0.458. The molecule has 0 bridgehead atoms. The van der Waals surface area contributed by atoms with Crippen LogP contribution < -0.4 is 5.43 Å². The summed E-state index contributed by atoms with van der Waals surface area (Å²) in [5.41, 5.74) is 2.53. The Kier molecular flexibility index (Phi) is 6.13. The highest BCUT2D eigenvalue weighted by Crippen LogP contribution is 2.34. The molecule has 0 aliphatic heterocycles. The van der Waals surface area contributed by atoms with Crippen LogP contribution in [0.3, 0.4) is 0 Å². The Balaban J connectivity index is 1.94. The molecule has 0 aliphatic rings. The summed E-state index contributed by atoms with van der Waals surface area (Å²) in [5, 5.41) is 3.49. The molecule has 0 saturated carbocycles. The molecule has 0 aliphatic carbocycles. The monoisotopic (exact) mass is 349 g/mol. The smallest absolute Gasteiger partial charge is 0.179 e. The third kappa shape index (κ3) is 4.00. The van der Waals surface area contributed by atoms with Crippen molar-refractivity contribution in [2.24, 2.45) is 5.92 Å². The molecule has 1 heterocycles. The summed E-state index contributed by atoms with van der Waals surface area (Å²) < 4.78 is 0. The van der Waals surface area contributed by atoms with Crippen LogP contribution in [0.25, 0.3) is 21.7 Å². The maximum atomic E-state index is 12.0. The SMILES string of the molecule is CCCCC(CC)CCC(C)c1cc2ccc[nH]c2c2ccc(=O)cc12. The first-order chi connectivity index (χ1) is 12.6. The predicted molar refractivity (Wildman–Crippen MR) is 113 cm³/mol. The van der Waals surface area contributed by atoms with Gasteiger partial charge < -0.3 is 4.98 Å². The average molecular weight is 350 g/mol. The first kappa shape index (κ1) is 18.7. The van der Waals surface area contributed by atoms with Gasteiger partial charge in [-0.2, -0.15) is 0 Å². The lowest BCUT2D eigenvalue weighted by Crippen LogP contribution is -2.04. The summed E-state index contributed by atoms with van der Waals surface area (Å²) in [6.45, 7) is 6.90. The van der Waals surface area contributed by atoms with Crippen LogP contribution in [0.5, 0.6) is 0 Å². The molecule has 2 nitrogen and oxygen atoms in total. The van der Waals surface area contributed by atoms with Crippen molar-refractivity contribution < 1.29 is 0 Å². The molecule has 138 valence electrons. The van der Waals surface area contributed by atoms with Crippen molar-refractivity contribution in [3.8, 4) is 0 Å². The quantitative estimate of drug-likeness (QED) is 0.447. The highest BCUT2D eigenvalue weighted by atomic mass is 16.1. The summed E-state index contributed by atoms with van der Waals surface area (Å²) in [4.78, 5) is 15.4. The Hall–Kier alpha value is -2.09. The topological polar surface area (TPSA) is 32.9 Å². The lowest BCUT2D eigenvalue weighted by Gasteiger charge is -2.20. The van der Waals surface area contributed by atoms with Crippen molar-refractivity contribution in [1.29, 1.82) is 0 Å². The van der Waals surface area contributed by atoms with Gasteiger partial charge in [-0.3, -0.25) is 4.79 Å². The molecule has 3 aromatic rings. The predicted octanol–water partition coefficient (Wildman–Crippen LogP) is 6.78. The maximum absolute atomic E-state index is 12.0. The van der Waals surface area contributed by atoms with Crippen LogP contribution in [0, 0.1) is 5.92 Å². The number of unbranched alkanes of at least 4 members (excludes halogenated alkanes) is 1. The number of benzene rings is 2. The van der Waals surface area contributed by atoms with Gasteiger partial charge in [-0.15, -0.1) is 0 Å². The number of nitrogens with one attached hydrogen (secondary N) is 1. The molecule has 2 heteroatoms. The summed E-state index contributed by atoms with van der Waals surface area (Å²) in [6.07, 6.45) is 9.64. The van der Waals surface area contributed by atoms with Crippen LogP contribution in [0.15, 0.2) is 47.4 Å². The zero-order valence-corrected chi connectivity index (χ0v) is 16.3. The molecular formula is C24H31NO. The van der Waals surface area contributed by atoms with E-state index < -0.39 is 0 Å². The number of aromatic nitrogens is 1. The Labute approximate surface area is 156 Å². The fourth-order valence-electron chi connectivity index (χ4n) is 4.12. The van der Waals surface area contributed by atoms with E-state index in [4.69, 9.17) is 0 Å². The van der Waals surface area contributed by atoms with E-state index in [1.165, 1.54) is 49.5 Å². The molecule has 1 N–H and O–H groups in total. The van der Waals surface area contributed by atoms with Gasteiger partial charge in [-0.25, -0.2) is 0 Å². The van der Waals surface area contributed by atoms with Gasteiger partial charge in [-0.05, 0) is 71.3 Å².